The van der Waals surface area contributed by atoms with E-state index < -0.39 is 0 Å². The highest BCUT2D eigenvalue weighted by Gasteiger charge is 2.19. The van der Waals surface area contributed by atoms with Gasteiger partial charge in [0, 0.05) is 26.5 Å². The van der Waals surface area contributed by atoms with Crippen molar-refractivity contribution in [2.75, 3.05) is 13.2 Å². The van der Waals surface area contributed by atoms with Crippen molar-refractivity contribution in [3.05, 3.63) is 18.0 Å². The normalized spacial score (nSPS) is 22.5. The quantitative estimate of drug-likeness (QED) is 0.816. The van der Waals surface area contributed by atoms with Crippen molar-refractivity contribution in [2.24, 2.45) is 13.0 Å². The minimum Gasteiger partial charge on any atom is -0.393 e. The van der Waals surface area contributed by atoms with Crippen LogP contribution in [0, 0.1) is 5.92 Å². The molecule has 1 saturated heterocycles. The molecule has 0 radical (unpaired) electrons. The molecule has 2 heterocycles. The van der Waals surface area contributed by atoms with Crippen LogP contribution in [0.25, 0.3) is 0 Å². The molecule has 0 saturated carbocycles. The Labute approximate surface area is 96.2 Å². The molecule has 1 aliphatic heterocycles. The second-order valence-electron chi connectivity index (χ2n) is 4.68. The molecule has 0 aliphatic carbocycles. The van der Waals surface area contributed by atoms with E-state index in [2.05, 4.69) is 5.10 Å². The van der Waals surface area contributed by atoms with Gasteiger partial charge in [0.25, 0.3) is 0 Å². The van der Waals surface area contributed by atoms with Gasteiger partial charge in [0.15, 0.2) is 0 Å². The van der Waals surface area contributed by atoms with E-state index in [-0.39, 0.29) is 6.10 Å². The lowest BCUT2D eigenvalue weighted by atomic mass is 9.97. The lowest BCUT2D eigenvalue weighted by Gasteiger charge is -2.13. The van der Waals surface area contributed by atoms with Gasteiger partial charge in [-0.15, -0.1) is 0 Å². The van der Waals surface area contributed by atoms with Crippen molar-refractivity contribution < 1.29 is 9.84 Å². The van der Waals surface area contributed by atoms with Gasteiger partial charge in [-0.3, -0.25) is 4.68 Å². The van der Waals surface area contributed by atoms with Crippen LogP contribution in [0.3, 0.4) is 0 Å². The summed E-state index contributed by atoms with van der Waals surface area (Å²) in [7, 11) is 1.91. The minimum atomic E-state index is -0.202. The number of hydrogen-bond acceptors (Lipinski definition) is 3. The largest absolute Gasteiger partial charge is 0.393 e. The second kappa shape index (κ2) is 5.46. The molecule has 1 aromatic rings. The standard InChI is InChI=1S/C12H20N2O2/c1-14-8-11(7-13-14)2-3-12(15)6-10-4-5-16-9-10/h7-8,10,12,15H,2-6,9H2,1H3. The Hall–Kier alpha value is -0.870. The first kappa shape index (κ1) is 11.6. The molecule has 90 valence electrons. The second-order valence-corrected chi connectivity index (χ2v) is 4.68. The maximum atomic E-state index is 9.89. The fourth-order valence-electron chi connectivity index (χ4n) is 2.21. The zero-order chi connectivity index (χ0) is 11.4. The summed E-state index contributed by atoms with van der Waals surface area (Å²) in [6, 6.07) is 0. The highest BCUT2D eigenvalue weighted by atomic mass is 16.5. The van der Waals surface area contributed by atoms with Gasteiger partial charge in [-0.2, -0.15) is 5.10 Å². The van der Waals surface area contributed by atoms with Crippen molar-refractivity contribution >= 4 is 0 Å². The zero-order valence-electron chi connectivity index (χ0n) is 9.80. The molecule has 1 fully saturated rings. The van der Waals surface area contributed by atoms with Crippen molar-refractivity contribution in [1.82, 2.24) is 9.78 Å². The van der Waals surface area contributed by atoms with Crippen LogP contribution in [-0.4, -0.2) is 34.2 Å². The average molecular weight is 224 g/mol. The van der Waals surface area contributed by atoms with E-state index in [1.54, 1.807) is 4.68 Å². The van der Waals surface area contributed by atoms with E-state index >= 15 is 0 Å². The topological polar surface area (TPSA) is 47.3 Å². The Morgan fingerprint density at radius 3 is 3.19 bits per heavy atom. The fourth-order valence-corrected chi connectivity index (χ4v) is 2.21. The Balaban J connectivity index is 1.68. The van der Waals surface area contributed by atoms with Gasteiger partial charge in [0.1, 0.15) is 0 Å². The monoisotopic (exact) mass is 224 g/mol. The van der Waals surface area contributed by atoms with E-state index in [1.807, 2.05) is 19.4 Å². The number of aliphatic hydroxyl groups excluding tert-OH is 1. The number of nitrogens with zero attached hydrogens (tertiary/aromatic N) is 2. The van der Waals surface area contributed by atoms with Gasteiger partial charge in [-0.1, -0.05) is 0 Å². The van der Waals surface area contributed by atoms with Crippen LogP contribution < -0.4 is 0 Å². The van der Waals surface area contributed by atoms with E-state index in [9.17, 15) is 5.11 Å². The molecule has 1 N–H and O–H groups in total. The first-order valence-corrected chi connectivity index (χ1v) is 5.97. The first-order valence-electron chi connectivity index (χ1n) is 5.97. The number of aryl methyl sites for hydroxylation is 2. The Bertz CT molecular complexity index is 319. The number of hydrogen-bond donors (Lipinski definition) is 1. The van der Waals surface area contributed by atoms with Crippen LogP contribution in [0.2, 0.25) is 0 Å². The van der Waals surface area contributed by atoms with Gasteiger partial charge >= 0.3 is 0 Å². The highest BCUT2D eigenvalue weighted by molar-refractivity contribution is 5.03. The summed E-state index contributed by atoms with van der Waals surface area (Å²) < 4.78 is 7.10. The molecule has 0 aromatic carbocycles. The van der Waals surface area contributed by atoms with Crippen LogP contribution in [-0.2, 0) is 18.2 Å². The van der Waals surface area contributed by atoms with Gasteiger partial charge < -0.3 is 9.84 Å². The summed E-state index contributed by atoms with van der Waals surface area (Å²) in [6.07, 6.45) is 7.37. The Morgan fingerprint density at radius 2 is 2.56 bits per heavy atom. The number of ether oxygens (including phenoxy) is 1. The SMILES string of the molecule is Cn1cc(CCC(O)CC2CCOC2)cn1. The molecule has 0 spiro atoms. The lowest BCUT2D eigenvalue weighted by Crippen LogP contribution is -2.14. The Morgan fingerprint density at radius 1 is 1.69 bits per heavy atom. The van der Waals surface area contributed by atoms with Crippen molar-refractivity contribution in [3.63, 3.8) is 0 Å². The van der Waals surface area contributed by atoms with Gasteiger partial charge in [0.2, 0.25) is 0 Å². The third-order valence-corrected chi connectivity index (χ3v) is 3.15. The number of rotatable bonds is 5. The maximum absolute atomic E-state index is 9.89. The highest BCUT2D eigenvalue weighted by Crippen LogP contribution is 2.20. The summed E-state index contributed by atoms with van der Waals surface area (Å²) in [5.74, 6) is 0.559. The molecule has 0 amide bonds. The van der Waals surface area contributed by atoms with Crippen molar-refractivity contribution in [1.29, 1.82) is 0 Å². The van der Waals surface area contributed by atoms with Gasteiger partial charge in [0.05, 0.1) is 12.3 Å². The smallest absolute Gasteiger partial charge is 0.0547 e. The fraction of sp³-hybridized carbons (Fsp3) is 0.750. The van der Waals surface area contributed by atoms with Gasteiger partial charge in [-0.25, -0.2) is 0 Å². The third-order valence-electron chi connectivity index (χ3n) is 3.15. The van der Waals surface area contributed by atoms with Crippen LogP contribution >= 0.6 is 0 Å². The summed E-state index contributed by atoms with van der Waals surface area (Å²) in [4.78, 5) is 0. The number of aliphatic hydroxyl groups is 1. The van der Waals surface area contributed by atoms with Gasteiger partial charge in [-0.05, 0) is 37.2 Å². The predicted octanol–water partition coefficient (Wildman–Crippen LogP) is 1.14. The van der Waals surface area contributed by atoms with E-state index in [4.69, 9.17) is 4.74 Å². The van der Waals surface area contributed by atoms with E-state index in [1.165, 1.54) is 5.56 Å². The Kier molecular flexibility index (Phi) is 3.96. The molecule has 2 rings (SSSR count). The van der Waals surface area contributed by atoms with E-state index in [0.29, 0.717) is 5.92 Å². The molecule has 2 unspecified atom stereocenters. The van der Waals surface area contributed by atoms with Crippen LogP contribution in [0.15, 0.2) is 12.4 Å². The van der Waals surface area contributed by atoms with Crippen LogP contribution in [0.1, 0.15) is 24.8 Å². The summed E-state index contributed by atoms with van der Waals surface area (Å²) in [5, 5.41) is 14.0. The van der Waals surface area contributed by atoms with Crippen molar-refractivity contribution in [3.8, 4) is 0 Å². The van der Waals surface area contributed by atoms with Crippen LogP contribution in [0.4, 0.5) is 0 Å². The minimum absolute atomic E-state index is 0.202. The third kappa shape index (κ3) is 3.32. The predicted molar refractivity (Wildman–Crippen MR) is 61.1 cm³/mol. The molecule has 1 aromatic heterocycles. The number of aromatic nitrogens is 2. The molecule has 16 heavy (non-hydrogen) atoms. The molecule has 2 atom stereocenters. The molecular formula is C12H20N2O2. The summed E-state index contributed by atoms with van der Waals surface area (Å²) in [6.45, 7) is 1.68. The molecule has 0 bridgehead atoms. The molecule has 4 nitrogen and oxygen atoms in total. The lowest BCUT2D eigenvalue weighted by molar-refractivity contribution is 0.122. The summed E-state index contributed by atoms with van der Waals surface area (Å²) >= 11 is 0. The van der Waals surface area contributed by atoms with Crippen molar-refractivity contribution in [2.45, 2.75) is 31.8 Å². The summed E-state index contributed by atoms with van der Waals surface area (Å²) in [5.41, 5.74) is 1.20. The first-order chi connectivity index (χ1) is 7.74. The average Bonchev–Trinajstić information content (AvgIpc) is 2.87. The molecule has 1 aliphatic rings. The van der Waals surface area contributed by atoms with Crippen LogP contribution in [0.5, 0.6) is 0 Å². The maximum Gasteiger partial charge on any atom is 0.0547 e. The zero-order valence-corrected chi connectivity index (χ0v) is 9.80. The molecule has 4 heteroatoms. The van der Waals surface area contributed by atoms with E-state index in [0.717, 1.165) is 38.9 Å². The molecular weight excluding hydrogens is 204 g/mol.